The van der Waals surface area contributed by atoms with Gasteiger partial charge in [0.15, 0.2) is 6.10 Å². The first-order valence-corrected chi connectivity index (χ1v) is 30.2. The summed E-state index contributed by atoms with van der Waals surface area (Å²) in [5.41, 5.74) is 0. The molecule has 1 unspecified atom stereocenters. The molecule has 0 rings (SSSR count). The monoisotopic (exact) mass is 1000 g/mol. The van der Waals surface area contributed by atoms with Gasteiger partial charge in [-0.15, -0.1) is 0 Å². The maximum atomic E-state index is 12.8. The van der Waals surface area contributed by atoms with Gasteiger partial charge in [0.1, 0.15) is 13.2 Å². The molecule has 72 heavy (non-hydrogen) atoms. The highest BCUT2D eigenvalue weighted by molar-refractivity contribution is 5.71. The summed E-state index contributed by atoms with van der Waals surface area (Å²) in [7, 11) is 0. The fraction of sp³-hybridized carbons (Fsp3) is 0.712. The summed E-state index contributed by atoms with van der Waals surface area (Å²) >= 11 is 0. The van der Waals surface area contributed by atoms with E-state index in [0.29, 0.717) is 19.3 Å². The Hall–Kier alpha value is -3.67. The zero-order valence-electron chi connectivity index (χ0n) is 47.2. The summed E-state index contributed by atoms with van der Waals surface area (Å²) in [5.74, 6) is -0.988. The van der Waals surface area contributed by atoms with Crippen LogP contribution in [-0.2, 0) is 28.6 Å². The number of hydrogen-bond donors (Lipinski definition) is 0. The number of carbonyl (C=O) groups excluding carboxylic acids is 3. The smallest absolute Gasteiger partial charge is 0.306 e. The van der Waals surface area contributed by atoms with Gasteiger partial charge in [-0.2, -0.15) is 0 Å². The molecule has 0 aliphatic heterocycles. The van der Waals surface area contributed by atoms with Crippen molar-refractivity contribution in [1.82, 2.24) is 0 Å². The van der Waals surface area contributed by atoms with Gasteiger partial charge in [0.25, 0.3) is 0 Å². The highest BCUT2D eigenvalue weighted by Gasteiger charge is 2.19. The molecule has 6 heteroatoms. The van der Waals surface area contributed by atoms with E-state index in [4.69, 9.17) is 14.2 Å². The molecule has 0 aromatic rings. The van der Waals surface area contributed by atoms with E-state index in [-0.39, 0.29) is 31.6 Å². The Kier molecular flexibility index (Phi) is 56.8. The predicted octanol–water partition coefficient (Wildman–Crippen LogP) is 20.5. The first-order valence-electron chi connectivity index (χ1n) is 30.2. The summed E-state index contributed by atoms with van der Waals surface area (Å²) in [6, 6.07) is 0. The number of unbranched alkanes of at least 4 members (excludes halogenated alkanes) is 27. The molecule has 0 aliphatic rings. The van der Waals surface area contributed by atoms with Gasteiger partial charge in [-0.25, -0.2) is 0 Å². The zero-order valence-corrected chi connectivity index (χ0v) is 47.2. The highest BCUT2D eigenvalue weighted by Crippen LogP contribution is 2.16. The minimum atomic E-state index is -0.817. The normalized spacial score (nSPS) is 12.8. The largest absolute Gasteiger partial charge is 0.462 e. The van der Waals surface area contributed by atoms with E-state index in [0.717, 1.165) is 83.5 Å². The molecule has 6 nitrogen and oxygen atoms in total. The van der Waals surface area contributed by atoms with Crippen molar-refractivity contribution in [2.45, 2.75) is 290 Å². The van der Waals surface area contributed by atoms with Crippen LogP contribution in [0.5, 0.6) is 0 Å². The molecule has 0 amide bonds. The molecule has 0 fully saturated rings. The molecule has 0 radical (unpaired) electrons. The van der Waals surface area contributed by atoms with E-state index < -0.39 is 12.1 Å². The zero-order chi connectivity index (χ0) is 52.2. The highest BCUT2D eigenvalue weighted by atomic mass is 16.6. The Balaban J connectivity index is 4.34. The van der Waals surface area contributed by atoms with E-state index in [2.05, 4.69) is 112 Å². The second-order valence-corrected chi connectivity index (χ2v) is 19.9. The molecule has 0 aromatic heterocycles. The average Bonchev–Trinajstić information content (AvgIpc) is 3.38. The fourth-order valence-corrected chi connectivity index (χ4v) is 8.32. The molecular weight excluding hydrogens is 889 g/mol. The van der Waals surface area contributed by atoms with E-state index >= 15 is 0 Å². The standard InChI is InChI=1S/C66H112O6/c1-4-7-10-13-16-19-22-24-26-28-30-31-32-33-34-35-37-38-40-42-44-47-50-53-56-59-65(68)71-62-63(61-70-64(67)58-55-52-49-46-21-18-15-12-9-6-3)72-66(69)60-57-54-51-48-45-43-41-39-36-29-27-25-23-20-17-14-11-8-5-2/h8,11,17,20,22,24-25,27-28,30,36,39,43,45,51,54,63H,4-7,9-10,12-16,18-19,21,23,26,29,31-35,37-38,40-42,44,46-50,52-53,55-62H2,1-3H3/b11-8-,20-17-,24-22-,27-25-,30-28-,39-36-,45-43-,54-51-. The lowest BCUT2D eigenvalue weighted by Gasteiger charge is -2.18. The Labute approximate surface area is 445 Å². The number of allylic oxidation sites excluding steroid dienone is 16. The minimum Gasteiger partial charge on any atom is -0.462 e. The van der Waals surface area contributed by atoms with Crippen LogP contribution in [0.2, 0.25) is 0 Å². The van der Waals surface area contributed by atoms with Crippen molar-refractivity contribution in [2.75, 3.05) is 13.2 Å². The molecule has 0 spiro atoms. The van der Waals surface area contributed by atoms with Crippen LogP contribution >= 0.6 is 0 Å². The number of hydrogen-bond acceptors (Lipinski definition) is 6. The molecule has 0 heterocycles. The van der Waals surface area contributed by atoms with Crippen molar-refractivity contribution in [1.29, 1.82) is 0 Å². The molecule has 0 bridgehead atoms. The van der Waals surface area contributed by atoms with E-state index in [1.165, 1.54) is 154 Å². The topological polar surface area (TPSA) is 78.9 Å². The molecule has 412 valence electrons. The van der Waals surface area contributed by atoms with Gasteiger partial charge >= 0.3 is 17.9 Å². The van der Waals surface area contributed by atoms with Crippen molar-refractivity contribution in [3.05, 3.63) is 97.2 Å². The fourth-order valence-electron chi connectivity index (χ4n) is 8.32. The number of carbonyl (C=O) groups is 3. The van der Waals surface area contributed by atoms with Gasteiger partial charge in [0, 0.05) is 19.3 Å². The molecule has 0 saturated heterocycles. The Morgan fingerprint density at radius 1 is 0.292 bits per heavy atom. The van der Waals surface area contributed by atoms with E-state index in [1.807, 2.05) is 6.08 Å². The van der Waals surface area contributed by atoms with Crippen molar-refractivity contribution < 1.29 is 28.6 Å². The van der Waals surface area contributed by atoms with Crippen LogP contribution in [0, 0.1) is 0 Å². The van der Waals surface area contributed by atoms with Crippen molar-refractivity contribution in [3.63, 3.8) is 0 Å². The van der Waals surface area contributed by atoms with Crippen LogP contribution in [0.25, 0.3) is 0 Å². The number of esters is 3. The van der Waals surface area contributed by atoms with Gasteiger partial charge in [-0.1, -0.05) is 272 Å². The van der Waals surface area contributed by atoms with E-state index in [1.54, 1.807) is 0 Å². The van der Waals surface area contributed by atoms with Crippen LogP contribution < -0.4 is 0 Å². The van der Waals surface area contributed by atoms with Crippen LogP contribution in [0.3, 0.4) is 0 Å². The lowest BCUT2D eigenvalue weighted by molar-refractivity contribution is -0.166. The molecule has 0 aromatic carbocycles. The summed E-state index contributed by atoms with van der Waals surface area (Å²) in [5, 5.41) is 0. The Morgan fingerprint density at radius 2 is 0.569 bits per heavy atom. The third-order valence-electron chi connectivity index (χ3n) is 12.8. The average molecular weight is 1000 g/mol. The van der Waals surface area contributed by atoms with Crippen LogP contribution in [0.1, 0.15) is 284 Å². The lowest BCUT2D eigenvalue weighted by atomic mass is 10.0. The summed E-state index contributed by atoms with van der Waals surface area (Å²) in [6.07, 6.45) is 80.0. The van der Waals surface area contributed by atoms with Crippen molar-refractivity contribution in [3.8, 4) is 0 Å². The van der Waals surface area contributed by atoms with Gasteiger partial charge in [0.05, 0.1) is 0 Å². The first-order chi connectivity index (χ1) is 35.5. The molecule has 0 aliphatic carbocycles. The van der Waals surface area contributed by atoms with Gasteiger partial charge in [-0.3, -0.25) is 14.4 Å². The summed E-state index contributed by atoms with van der Waals surface area (Å²) in [4.78, 5) is 38.1. The van der Waals surface area contributed by atoms with Crippen LogP contribution in [0.4, 0.5) is 0 Å². The van der Waals surface area contributed by atoms with E-state index in [9.17, 15) is 14.4 Å². The molecular formula is C66H112O6. The van der Waals surface area contributed by atoms with Gasteiger partial charge in [-0.05, 0) is 89.9 Å². The number of ether oxygens (including phenoxy) is 3. The lowest BCUT2D eigenvalue weighted by Crippen LogP contribution is -2.30. The van der Waals surface area contributed by atoms with Crippen molar-refractivity contribution >= 4 is 17.9 Å². The summed E-state index contributed by atoms with van der Waals surface area (Å²) in [6.45, 7) is 6.45. The van der Waals surface area contributed by atoms with Gasteiger partial charge < -0.3 is 14.2 Å². The Morgan fingerprint density at radius 3 is 0.903 bits per heavy atom. The van der Waals surface area contributed by atoms with Crippen LogP contribution in [-0.4, -0.2) is 37.2 Å². The SMILES string of the molecule is CC/C=C\C/C=C\C/C=C\C/C=C\C/C=C\C/C=C\CCC(=O)OC(COC(=O)CCCCCCCCCCCC)COC(=O)CCCCCCCCCCCCCCC/C=C\C/C=C\CCCCCCC. The van der Waals surface area contributed by atoms with Gasteiger partial charge in [0.2, 0.25) is 0 Å². The second kappa shape index (κ2) is 59.9. The van der Waals surface area contributed by atoms with Crippen molar-refractivity contribution in [2.24, 2.45) is 0 Å². The third-order valence-corrected chi connectivity index (χ3v) is 12.8. The molecule has 0 N–H and O–H groups in total. The quantitative estimate of drug-likeness (QED) is 0.0261. The predicted molar refractivity (Wildman–Crippen MR) is 311 cm³/mol. The molecule has 1 atom stereocenters. The maximum absolute atomic E-state index is 12.8. The third kappa shape index (κ3) is 57.2. The first kappa shape index (κ1) is 68.3. The Bertz CT molecular complexity index is 1430. The number of rotatable bonds is 54. The second-order valence-electron chi connectivity index (χ2n) is 19.9. The minimum absolute atomic E-state index is 0.106. The summed E-state index contributed by atoms with van der Waals surface area (Å²) < 4.78 is 16.8. The van der Waals surface area contributed by atoms with Crippen LogP contribution in [0.15, 0.2) is 97.2 Å². The maximum Gasteiger partial charge on any atom is 0.306 e. The molecule has 0 saturated carbocycles.